The van der Waals surface area contributed by atoms with Gasteiger partial charge in [0.05, 0.1) is 13.7 Å². The third-order valence-corrected chi connectivity index (χ3v) is 5.59. The monoisotopic (exact) mass is 539 g/mol. The average Bonchev–Trinajstić information content (AvgIpc) is 3.56. The van der Waals surface area contributed by atoms with Gasteiger partial charge in [-0.2, -0.15) is 0 Å². The van der Waals surface area contributed by atoms with Crippen LogP contribution in [0.5, 0.6) is 11.5 Å². The molecule has 0 bridgehead atoms. The highest BCUT2D eigenvalue weighted by Gasteiger charge is 2.44. The number of rotatable bonds is 10. The van der Waals surface area contributed by atoms with Gasteiger partial charge in [-0.3, -0.25) is 4.99 Å². The number of guanidine groups is 1. The number of halogens is 1. The zero-order valence-electron chi connectivity index (χ0n) is 18.9. The van der Waals surface area contributed by atoms with E-state index >= 15 is 0 Å². The minimum atomic E-state index is 0. The zero-order valence-corrected chi connectivity index (χ0v) is 21.2. The van der Waals surface area contributed by atoms with Crippen molar-refractivity contribution in [3.8, 4) is 11.5 Å². The molecule has 0 atom stereocenters. The lowest BCUT2D eigenvalue weighted by Crippen LogP contribution is -2.41. The van der Waals surface area contributed by atoms with Crippen molar-refractivity contribution >= 4 is 29.9 Å². The van der Waals surface area contributed by atoms with Gasteiger partial charge in [-0.05, 0) is 49.1 Å². The Morgan fingerprint density at radius 2 is 1.77 bits per heavy atom. The van der Waals surface area contributed by atoms with Gasteiger partial charge in [0.2, 0.25) is 0 Å². The van der Waals surface area contributed by atoms with Gasteiger partial charge >= 0.3 is 0 Å². The Kier molecular flexibility index (Phi) is 9.90. The summed E-state index contributed by atoms with van der Waals surface area (Å²) < 4.78 is 16.3. The highest BCUT2D eigenvalue weighted by atomic mass is 127. The molecule has 0 unspecified atom stereocenters. The number of hydrogen-bond donors (Lipinski definition) is 2. The third kappa shape index (κ3) is 7.00. The molecule has 170 valence electrons. The van der Waals surface area contributed by atoms with Gasteiger partial charge in [-0.1, -0.05) is 24.3 Å². The molecule has 7 heteroatoms. The lowest BCUT2D eigenvalue weighted by molar-refractivity contribution is 0.145. The van der Waals surface area contributed by atoms with Crippen molar-refractivity contribution in [2.75, 3.05) is 41.0 Å². The first-order valence-electron chi connectivity index (χ1n) is 10.4. The normalized spacial score (nSPS) is 14.4. The SMILES string of the molecule is CN=C(NCc1ccc(C)cc1OCCOC)NCC1(c2ccc(OC)cc2)CC1.I. The highest BCUT2D eigenvalue weighted by molar-refractivity contribution is 14.0. The number of aliphatic imine (C=N–C) groups is 1. The van der Waals surface area contributed by atoms with E-state index in [-0.39, 0.29) is 29.4 Å². The molecule has 0 heterocycles. The number of nitrogens with one attached hydrogen (secondary N) is 2. The van der Waals surface area contributed by atoms with Gasteiger partial charge in [0.25, 0.3) is 0 Å². The van der Waals surface area contributed by atoms with Crippen LogP contribution in [0, 0.1) is 6.92 Å². The predicted molar refractivity (Wildman–Crippen MR) is 136 cm³/mol. The average molecular weight is 539 g/mol. The lowest BCUT2D eigenvalue weighted by atomic mass is 9.96. The zero-order chi connectivity index (χ0) is 21.4. The fraction of sp³-hybridized carbons (Fsp3) is 0.458. The Labute approximate surface area is 202 Å². The van der Waals surface area contributed by atoms with Gasteiger partial charge < -0.3 is 24.8 Å². The summed E-state index contributed by atoms with van der Waals surface area (Å²) in [6, 6.07) is 14.7. The van der Waals surface area contributed by atoms with Crippen LogP contribution in [-0.4, -0.2) is 47.0 Å². The first-order valence-corrected chi connectivity index (χ1v) is 10.4. The molecule has 0 spiro atoms. The van der Waals surface area contributed by atoms with Gasteiger partial charge in [0, 0.05) is 38.2 Å². The van der Waals surface area contributed by atoms with Gasteiger partial charge in [-0.25, -0.2) is 0 Å². The molecular formula is C24H34IN3O3. The number of ether oxygens (including phenoxy) is 3. The fourth-order valence-corrected chi connectivity index (χ4v) is 3.49. The number of nitrogens with zero attached hydrogens (tertiary/aromatic N) is 1. The molecular weight excluding hydrogens is 505 g/mol. The van der Waals surface area contributed by atoms with Crippen LogP contribution in [0.15, 0.2) is 47.5 Å². The van der Waals surface area contributed by atoms with Crippen LogP contribution in [-0.2, 0) is 16.7 Å². The van der Waals surface area contributed by atoms with E-state index in [1.165, 1.54) is 24.0 Å². The van der Waals surface area contributed by atoms with Crippen LogP contribution in [0.25, 0.3) is 0 Å². The molecule has 1 saturated carbocycles. The van der Waals surface area contributed by atoms with E-state index in [0.717, 1.165) is 29.6 Å². The number of aryl methyl sites for hydroxylation is 1. The molecule has 0 aliphatic heterocycles. The van der Waals surface area contributed by atoms with Gasteiger partial charge in [0.15, 0.2) is 5.96 Å². The van der Waals surface area contributed by atoms with E-state index in [1.54, 1.807) is 21.3 Å². The molecule has 1 aliphatic carbocycles. The third-order valence-electron chi connectivity index (χ3n) is 5.59. The van der Waals surface area contributed by atoms with E-state index < -0.39 is 0 Å². The summed E-state index contributed by atoms with van der Waals surface area (Å²) in [6.07, 6.45) is 2.36. The maximum absolute atomic E-state index is 5.89. The fourth-order valence-electron chi connectivity index (χ4n) is 3.49. The van der Waals surface area contributed by atoms with Crippen LogP contribution < -0.4 is 20.1 Å². The van der Waals surface area contributed by atoms with Crippen LogP contribution in [0.1, 0.15) is 29.5 Å². The Morgan fingerprint density at radius 3 is 2.39 bits per heavy atom. The van der Waals surface area contributed by atoms with E-state index in [9.17, 15) is 0 Å². The van der Waals surface area contributed by atoms with Crippen molar-refractivity contribution in [1.29, 1.82) is 0 Å². The molecule has 3 rings (SSSR count). The van der Waals surface area contributed by atoms with Gasteiger partial charge in [-0.15, -0.1) is 24.0 Å². The Hall–Kier alpha value is -2.00. The van der Waals surface area contributed by atoms with Crippen molar-refractivity contribution in [2.24, 2.45) is 4.99 Å². The van der Waals surface area contributed by atoms with E-state index in [2.05, 4.69) is 52.9 Å². The van der Waals surface area contributed by atoms with Crippen LogP contribution in [0.4, 0.5) is 0 Å². The molecule has 0 amide bonds. The van der Waals surface area contributed by atoms with E-state index in [4.69, 9.17) is 14.2 Å². The summed E-state index contributed by atoms with van der Waals surface area (Å²) in [5.74, 6) is 2.56. The van der Waals surface area contributed by atoms with Crippen molar-refractivity contribution in [3.63, 3.8) is 0 Å². The number of benzene rings is 2. The molecule has 0 radical (unpaired) electrons. The molecule has 2 aromatic rings. The van der Waals surface area contributed by atoms with Crippen LogP contribution in [0.3, 0.4) is 0 Å². The van der Waals surface area contributed by atoms with E-state index in [1.807, 2.05) is 12.1 Å². The quantitative estimate of drug-likeness (QED) is 0.207. The minimum absolute atomic E-state index is 0. The smallest absolute Gasteiger partial charge is 0.191 e. The van der Waals surface area contributed by atoms with Crippen molar-refractivity contribution in [1.82, 2.24) is 10.6 Å². The van der Waals surface area contributed by atoms with Crippen LogP contribution in [0.2, 0.25) is 0 Å². The molecule has 0 aromatic heterocycles. The second-order valence-electron chi connectivity index (χ2n) is 7.74. The summed E-state index contributed by atoms with van der Waals surface area (Å²) in [7, 11) is 5.17. The standard InChI is InChI=1S/C24H33N3O3.HI/c1-18-5-6-19(22(15-18)30-14-13-28-3)16-26-23(25-2)27-17-24(11-12-24)20-7-9-21(29-4)10-8-20;/h5-10,15H,11-14,16-17H2,1-4H3,(H2,25,26,27);1H. The molecule has 2 N–H and O–H groups in total. The number of methoxy groups -OCH3 is 2. The molecule has 0 saturated heterocycles. The molecule has 6 nitrogen and oxygen atoms in total. The topological polar surface area (TPSA) is 64.1 Å². The van der Waals surface area contributed by atoms with Gasteiger partial charge in [0.1, 0.15) is 18.1 Å². The Morgan fingerprint density at radius 1 is 1.03 bits per heavy atom. The first kappa shape index (κ1) is 25.3. The Bertz CT molecular complexity index is 852. The molecule has 1 aliphatic rings. The summed E-state index contributed by atoms with van der Waals surface area (Å²) in [5.41, 5.74) is 3.79. The van der Waals surface area contributed by atoms with Crippen molar-refractivity contribution < 1.29 is 14.2 Å². The molecule has 2 aromatic carbocycles. The van der Waals surface area contributed by atoms with Crippen molar-refractivity contribution in [3.05, 3.63) is 59.2 Å². The second-order valence-corrected chi connectivity index (χ2v) is 7.74. The predicted octanol–water partition coefficient (Wildman–Crippen LogP) is 4.04. The summed E-state index contributed by atoms with van der Waals surface area (Å²) in [4.78, 5) is 4.39. The van der Waals surface area contributed by atoms with Crippen LogP contribution >= 0.6 is 24.0 Å². The summed E-state index contributed by atoms with van der Waals surface area (Å²) in [6.45, 7) is 4.65. The maximum Gasteiger partial charge on any atom is 0.191 e. The minimum Gasteiger partial charge on any atom is -0.497 e. The number of hydrogen-bond acceptors (Lipinski definition) is 4. The van der Waals surface area contributed by atoms with Crippen molar-refractivity contribution in [2.45, 2.75) is 31.7 Å². The highest BCUT2D eigenvalue weighted by Crippen LogP contribution is 2.47. The summed E-state index contributed by atoms with van der Waals surface area (Å²) >= 11 is 0. The first-order chi connectivity index (χ1) is 14.6. The van der Waals surface area contributed by atoms with E-state index in [0.29, 0.717) is 19.8 Å². The Balaban J connectivity index is 0.00000341. The largest absolute Gasteiger partial charge is 0.497 e. The molecule has 1 fully saturated rings. The summed E-state index contributed by atoms with van der Waals surface area (Å²) in [5, 5.41) is 6.91. The molecule has 31 heavy (non-hydrogen) atoms. The lowest BCUT2D eigenvalue weighted by Gasteiger charge is -2.20. The maximum atomic E-state index is 5.89. The second kappa shape index (κ2) is 12.1.